The predicted octanol–water partition coefficient (Wildman–Crippen LogP) is 0.196. The Hall–Kier alpha value is -1.23. The molecule has 0 aliphatic carbocycles. The molecule has 0 aromatic rings. The van der Waals surface area contributed by atoms with Gasteiger partial charge in [-0.1, -0.05) is 0 Å². The summed E-state index contributed by atoms with van der Waals surface area (Å²) in [5.41, 5.74) is 0. The number of piperazine rings is 1. The summed E-state index contributed by atoms with van der Waals surface area (Å²) in [5.74, 6) is 1.06. The molecule has 2 fully saturated rings. The molecule has 5 heteroatoms. The van der Waals surface area contributed by atoms with E-state index in [0.717, 1.165) is 32.0 Å². The maximum atomic E-state index is 10.6. The number of ether oxygens (including phenoxy) is 1. The van der Waals surface area contributed by atoms with Crippen molar-refractivity contribution in [3.8, 4) is 0 Å². The molecular weight excluding hydrogens is 184 g/mol. The van der Waals surface area contributed by atoms with Gasteiger partial charge >= 0.3 is 6.09 Å². The van der Waals surface area contributed by atoms with Gasteiger partial charge in [-0.25, -0.2) is 4.79 Å². The van der Waals surface area contributed by atoms with E-state index >= 15 is 0 Å². The van der Waals surface area contributed by atoms with Crippen molar-refractivity contribution in [2.45, 2.75) is 0 Å². The standard InChI is InChI=1S/C9H14N2O3/c12-9(13)11-5-3-10(4-6-11)2-1-8-7-14-8/h1H,2-7H2,(H,12,13)/b8-1+. The third-order valence-electron chi connectivity index (χ3n) is 2.53. The maximum absolute atomic E-state index is 10.6. The van der Waals surface area contributed by atoms with Crippen molar-refractivity contribution in [2.75, 3.05) is 39.3 Å². The van der Waals surface area contributed by atoms with Gasteiger partial charge in [-0.3, -0.25) is 4.90 Å². The van der Waals surface area contributed by atoms with E-state index in [1.54, 1.807) is 0 Å². The molecule has 78 valence electrons. The first-order chi connectivity index (χ1) is 6.75. The number of hydrogen-bond acceptors (Lipinski definition) is 3. The Kier molecular flexibility index (Phi) is 2.58. The van der Waals surface area contributed by atoms with Crippen molar-refractivity contribution in [3.63, 3.8) is 0 Å². The minimum absolute atomic E-state index is 0.610. The van der Waals surface area contributed by atoms with Crippen LogP contribution < -0.4 is 0 Å². The van der Waals surface area contributed by atoms with Gasteiger partial charge in [0.2, 0.25) is 0 Å². The molecule has 1 amide bonds. The van der Waals surface area contributed by atoms with Crippen LogP contribution in [-0.2, 0) is 4.74 Å². The van der Waals surface area contributed by atoms with Gasteiger partial charge in [-0.2, -0.15) is 0 Å². The average molecular weight is 198 g/mol. The summed E-state index contributed by atoms with van der Waals surface area (Å²) in [6.07, 6.45) is 1.25. The average Bonchev–Trinajstić information content (AvgIpc) is 2.99. The van der Waals surface area contributed by atoms with Crippen molar-refractivity contribution in [1.29, 1.82) is 0 Å². The minimum atomic E-state index is -0.812. The molecule has 0 atom stereocenters. The monoisotopic (exact) mass is 198 g/mol. The van der Waals surface area contributed by atoms with Gasteiger partial charge in [0, 0.05) is 32.7 Å². The molecule has 14 heavy (non-hydrogen) atoms. The van der Waals surface area contributed by atoms with Gasteiger partial charge in [0.25, 0.3) is 0 Å². The molecule has 0 aromatic carbocycles. The highest BCUT2D eigenvalue weighted by molar-refractivity contribution is 5.65. The van der Waals surface area contributed by atoms with Crippen LogP contribution in [0.25, 0.3) is 0 Å². The van der Waals surface area contributed by atoms with Gasteiger partial charge in [0.05, 0.1) is 0 Å². The number of nitrogens with zero attached hydrogens (tertiary/aromatic N) is 2. The summed E-state index contributed by atoms with van der Waals surface area (Å²) < 4.78 is 4.99. The normalized spacial score (nSPS) is 24.9. The molecule has 0 bridgehead atoms. The van der Waals surface area contributed by atoms with Crippen molar-refractivity contribution < 1.29 is 14.6 Å². The molecule has 0 radical (unpaired) electrons. The molecule has 5 nitrogen and oxygen atoms in total. The quantitative estimate of drug-likeness (QED) is 0.644. The minimum Gasteiger partial charge on any atom is -0.487 e. The second-order valence-corrected chi connectivity index (χ2v) is 3.53. The van der Waals surface area contributed by atoms with E-state index in [4.69, 9.17) is 9.84 Å². The van der Waals surface area contributed by atoms with Crippen LogP contribution in [0.1, 0.15) is 0 Å². The topological polar surface area (TPSA) is 56.3 Å². The molecule has 2 heterocycles. The largest absolute Gasteiger partial charge is 0.487 e. The first kappa shape index (κ1) is 9.33. The third-order valence-corrected chi connectivity index (χ3v) is 2.53. The first-order valence-electron chi connectivity index (χ1n) is 4.78. The first-order valence-corrected chi connectivity index (χ1v) is 4.78. The van der Waals surface area contributed by atoms with Crippen molar-refractivity contribution in [1.82, 2.24) is 9.80 Å². The summed E-state index contributed by atoms with van der Waals surface area (Å²) >= 11 is 0. The predicted molar refractivity (Wildman–Crippen MR) is 50.1 cm³/mol. The lowest BCUT2D eigenvalue weighted by molar-refractivity contribution is 0.110. The number of hydrogen-bond donors (Lipinski definition) is 1. The molecule has 2 aliphatic heterocycles. The number of carboxylic acid groups (broad SMARTS) is 1. The second-order valence-electron chi connectivity index (χ2n) is 3.53. The Morgan fingerprint density at radius 1 is 1.43 bits per heavy atom. The Bertz CT molecular complexity index is 251. The van der Waals surface area contributed by atoms with Gasteiger partial charge < -0.3 is 14.7 Å². The van der Waals surface area contributed by atoms with Crippen LogP contribution in [0.4, 0.5) is 4.79 Å². The zero-order valence-corrected chi connectivity index (χ0v) is 7.98. The fraction of sp³-hybridized carbons (Fsp3) is 0.667. The summed E-state index contributed by atoms with van der Waals surface area (Å²) in [7, 11) is 0. The van der Waals surface area contributed by atoms with E-state index in [0.29, 0.717) is 13.1 Å². The van der Waals surface area contributed by atoms with Crippen LogP contribution in [0.5, 0.6) is 0 Å². The Morgan fingerprint density at radius 3 is 2.57 bits per heavy atom. The summed E-state index contributed by atoms with van der Waals surface area (Å²) in [6, 6.07) is 0. The van der Waals surface area contributed by atoms with E-state index in [1.807, 2.05) is 0 Å². The molecular formula is C9H14N2O3. The van der Waals surface area contributed by atoms with Crippen LogP contribution in [0.3, 0.4) is 0 Å². The fourth-order valence-electron chi connectivity index (χ4n) is 1.51. The number of epoxide rings is 1. The van der Waals surface area contributed by atoms with Gasteiger partial charge in [0.15, 0.2) is 0 Å². The van der Waals surface area contributed by atoms with Crippen molar-refractivity contribution in [2.24, 2.45) is 0 Å². The van der Waals surface area contributed by atoms with E-state index < -0.39 is 6.09 Å². The van der Waals surface area contributed by atoms with Gasteiger partial charge in [0.1, 0.15) is 12.4 Å². The Balaban J connectivity index is 1.72. The lowest BCUT2D eigenvalue weighted by atomic mass is 10.3. The zero-order valence-electron chi connectivity index (χ0n) is 7.98. The SMILES string of the molecule is O=C(O)N1CCN(C/C=C2\CO2)CC1. The summed E-state index contributed by atoms with van der Waals surface area (Å²) in [6.45, 7) is 4.50. The zero-order chi connectivity index (χ0) is 9.97. The fourth-order valence-corrected chi connectivity index (χ4v) is 1.51. The molecule has 0 unspecified atom stereocenters. The molecule has 2 aliphatic rings. The number of amides is 1. The maximum Gasteiger partial charge on any atom is 0.407 e. The van der Waals surface area contributed by atoms with Crippen LogP contribution in [0.15, 0.2) is 11.8 Å². The molecule has 1 N–H and O–H groups in total. The lowest BCUT2D eigenvalue weighted by Crippen LogP contribution is -2.48. The highest BCUT2D eigenvalue weighted by atomic mass is 16.6. The molecule has 0 aromatic heterocycles. The number of carbonyl (C=O) groups is 1. The second kappa shape index (κ2) is 3.88. The van der Waals surface area contributed by atoms with Gasteiger partial charge in [-0.05, 0) is 6.08 Å². The molecule has 2 saturated heterocycles. The van der Waals surface area contributed by atoms with Crippen LogP contribution in [0, 0.1) is 0 Å². The third kappa shape index (κ3) is 2.38. The van der Waals surface area contributed by atoms with Gasteiger partial charge in [-0.15, -0.1) is 0 Å². The van der Waals surface area contributed by atoms with Crippen LogP contribution in [-0.4, -0.2) is 60.3 Å². The smallest absolute Gasteiger partial charge is 0.407 e. The molecule has 0 saturated carbocycles. The van der Waals surface area contributed by atoms with Crippen LogP contribution >= 0.6 is 0 Å². The highest BCUT2D eigenvalue weighted by Crippen LogP contribution is 2.13. The van der Waals surface area contributed by atoms with Crippen molar-refractivity contribution >= 4 is 6.09 Å². The summed E-state index contributed by atoms with van der Waals surface area (Å²) in [4.78, 5) is 14.3. The van der Waals surface area contributed by atoms with E-state index in [-0.39, 0.29) is 0 Å². The number of rotatable bonds is 2. The Labute approximate surface area is 82.5 Å². The van der Waals surface area contributed by atoms with Crippen LogP contribution in [0.2, 0.25) is 0 Å². The van der Waals surface area contributed by atoms with E-state index in [2.05, 4.69) is 11.0 Å². The molecule has 2 rings (SSSR count). The Morgan fingerprint density at radius 2 is 2.07 bits per heavy atom. The highest BCUT2D eigenvalue weighted by Gasteiger charge is 2.20. The van der Waals surface area contributed by atoms with E-state index in [9.17, 15) is 4.79 Å². The lowest BCUT2D eigenvalue weighted by Gasteiger charge is -2.32. The van der Waals surface area contributed by atoms with Crippen molar-refractivity contribution in [3.05, 3.63) is 11.8 Å². The van der Waals surface area contributed by atoms with E-state index in [1.165, 1.54) is 4.90 Å². The molecule has 0 spiro atoms. The summed E-state index contributed by atoms with van der Waals surface area (Å²) in [5, 5.41) is 8.73.